The lowest BCUT2D eigenvalue weighted by molar-refractivity contribution is 0.102. The monoisotopic (exact) mass is 388 g/mol. The first kappa shape index (κ1) is 18.7. The zero-order chi connectivity index (χ0) is 19.6. The molecule has 0 spiro atoms. The van der Waals surface area contributed by atoms with Crippen LogP contribution in [0.1, 0.15) is 21.6 Å². The molecule has 0 bridgehead atoms. The molecule has 2 aromatic carbocycles. The van der Waals surface area contributed by atoms with Crippen LogP contribution in [-0.4, -0.2) is 15.9 Å². The number of para-hydroxylation sites is 1. The molecular weight excluding hydrogens is 374 g/mol. The van der Waals surface area contributed by atoms with Crippen LogP contribution < -0.4 is 10.6 Å². The van der Waals surface area contributed by atoms with Crippen molar-refractivity contribution in [3.8, 4) is 0 Å². The van der Waals surface area contributed by atoms with Crippen LogP contribution in [0.3, 0.4) is 0 Å². The van der Waals surface area contributed by atoms with E-state index >= 15 is 0 Å². The number of aromatic nitrogens is 2. The maximum atomic E-state index is 13.7. The van der Waals surface area contributed by atoms with Gasteiger partial charge in [-0.05, 0) is 43.2 Å². The molecule has 27 heavy (non-hydrogen) atoms. The molecule has 1 heterocycles. The Morgan fingerprint density at radius 3 is 2.33 bits per heavy atom. The second-order valence-corrected chi connectivity index (χ2v) is 6.31. The largest absolute Gasteiger partial charge is 0.334 e. The van der Waals surface area contributed by atoms with Crippen LogP contribution >= 0.6 is 11.6 Å². The lowest BCUT2D eigenvalue weighted by Crippen LogP contribution is -2.15. The number of carbonyl (C=O) groups is 1. The molecule has 0 fully saturated rings. The quantitative estimate of drug-likeness (QED) is 0.658. The number of hydrogen-bond donors (Lipinski definition) is 2. The lowest BCUT2D eigenvalue weighted by atomic mass is 10.1. The molecule has 0 radical (unpaired) electrons. The third-order valence-corrected chi connectivity index (χ3v) is 4.07. The van der Waals surface area contributed by atoms with Crippen LogP contribution in [0.25, 0.3) is 0 Å². The minimum Gasteiger partial charge on any atom is -0.334 e. The van der Waals surface area contributed by atoms with E-state index in [1.807, 2.05) is 19.9 Å². The molecule has 3 rings (SSSR count). The van der Waals surface area contributed by atoms with Gasteiger partial charge in [0.15, 0.2) is 0 Å². The van der Waals surface area contributed by atoms with Gasteiger partial charge in [-0.15, -0.1) is 0 Å². The average Bonchev–Trinajstić information content (AvgIpc) is 2.61. The Labute approximate surface area is 159 Å². The molecule has 1 amide bonds. The van der Waals surface area contributed by atoms with Gasteiger partial charge in [0.2, 0.25) is 0 Å². The van der Waals surface area contributed by atoms with Gasteiger partial charge in [0.05, 0.1) is 23.1 Å². The van der Waals surface area contributed by atoms with Crippen molar-refractivity contribution in [2.24, 2.45) is 0 Å². The van der Waals surface area contributed by atoms with E-state index in [2.05, 4.69) is 20.6 Å². The SMILES string of the molecule is Cc1cc(C)c(NC(=O)c2cnc(Nc3c(F)cccc3F)cn2)c(Cl)c1. The van der Waals surface area contributed by atoms with Crippen molar-refractivity contribution in [2.75, 3.05) is 10.6 Å². The second-order valence-electron chi connectivity index (χ2n) is 5.90. The predicted octanol–water partition coefficient (Wildman–Crippen LogP) is 5.02. The van der Waals surface area contributed by atoms with Gasteiger partial charge in [-0.3, -0.25) is 4.79 Å². The van der Waals surface area contributed by atoms with Gasteiger partial charge in [-0.2, -0.15) is 0 Å². The third kappa shape index (κ3) is 4.20. The van der Waals surface area contributed by atoms with Crippen molar-refractivity contribution in [3.05, 3.63) is 76.2 Å². The Kier molecular flexibility index (Phi) is 5.32. The number of nitrogens with zero attached hydrogens (tertiary/aromatic N) is 2. The highest BCUT2D eigenvalue weighted by Gasteiger charge is 2.14. The van der Waals surface area contributed by atoms with Gasteiger partial charge < -0.3 is 10.6 Å². The van der Waals surface area contributed by atoms with Gasteiger partial charge >= 0.3 is 0 Å². The first-order valence-electron chi connectivity index (χ1n) is 7.96. The average molecular weight is 389 g/mol. The second kappa shape index (κ2) is 7.67. The predicted molar refractivity (Wildman–Crippen MR) is 101 cm³/mol. The van der Waals surface area contributed by atoms with E-state index in [0.717, 1.165) is 23.3 Å². The fourth-order valence-corrected chi connectivity index (χ4v) is 2.88. The van der Waals surface area contributed by atoms with Gasteiger partial charge in [0, 0.05) is 0 Å². The van der Waals surface area contributed by atoms with Crippen LogP contribution in [-0.2, 0) is 0 Å². The maximum absolute atomic E-state index is 13.7. The molecule has 0 atom stereocenters. The standard InChI is InChI=1S/C19H15ClF2N4O/c1-10-6-11(2)17(12(20)7-10)26-19(27)15-8-24-16(9-23-15)25-18-13(21)4-3-5-14(18)22/h3-9H,1-2H3,(H,24,25)(H,26,27). The van der Waals surface area contributed by atoms with Crippen LogP contribution in [0.15, 0.2) is 42.7 Å². The number of nitrogens with one attached hydrogen (secondary N) is 2. The minimum atomic E-state index is -0.761. The topological polar surface area (TPSA) is 66.9 Å². The number of benzene rings is 2. The van der Waals surface area contributed by atoms with Crippen LogP contribution in [0.4, 0.5) is 26.0 Å². The van der Waals surface area contributed by atoms with Crippen molar-refractivity contribution in [1.29, 1.82) is 0 Å². The van der Waals surface area contributed by atoms with Gasteiger partial charge in [-0.1, -0.05) is 23.7 Å². The molecule has 0 aliphatic heterocycles. The van der Waals surface area contributed by atoms with E-state index in [0.29, 0.717) is 10.7 Å². The van der Waals surface area contributed by atoms with E-state index in [9.17, 15) is 13.6 Å². The first-order valence-corrected chi connectivity index (χ1v) is 8.34. The first-order chi connectivity index (χ1) is 12.8. The minimum absolute atomic E-state index is 0.0330. The molecule has 5 nitrogen and oxygen atoms in total. The fraction of sp³-hybridized carbons (Fsp3) is 0.105. The molecule has 0 unspecified atom stereocenters. The van der Waals surface area contributed by atoms with E-state index in [4.69, 9.17) is 11.6 Å². The lowest BCUT2D eigenvalue weighted by Gasteiger charge is -2.11. The number of rotatable bonds is 4. The molecule has 3 aromatic rings. The summed E-state index contributed by atoms with van der Waals surface area (Å²) >= 11 is 6.18. The summed E-state index contributed by atoms with van der Waals surface area (Å²) in [6.45, 7) is 3.73. The molecule has 0 saturated heterocycles. The zero-order valence-corrected chi connectivity index (χ0v) is 15.2. The normalized spacial score (nSPS) is 10.6. The van der Waals surface area contributed by atoms with Crippen LogP contribution in [0, 0.1) is 25.5 Å². The van der Waals surface area contributed by atoms with E-state index in [1.54, 1.807) is 6.07 Å². The molecular formula is C19H15ClF2N4O. The summed E-state index contributed by atoms with van der Waals surface area (Å²) in [6.07, 6.45) is 2.41. The summed E-state index contributed by atoms with van der Waals surface area (Å²) in [6, 6.07) is 7.13. The number of carbonyl (C=O) groups excluding carboxylic acids is 1. The third-order valence-electron chi connectivity index (χ3n) is 3.77. The van der Waals surface area contributed by atoms with Crippen molar-refractivity contribution in [2.45, 2.75) is 13.8 Å². The summed E-state index contributed by atoms with van der Waals surface area (Å²) in [4.78, 5) is 20.3. The molecule has 0 aliphatic rings. The summed E-state index contributed by atoms with van der Waals surface area (Å²) < 4.78 is 27.3. The van der Waals surface area contributed by atoms with E-state index in [-0.39, 0.29) is 17.2 Å². The summed E-state index contributed by atoms with van der Waals surface area (Å²) in [5.74, 6) is -1.92. The number of anilines is 3. The van der Waals surface area contributed by atoms with Crippen molar-refractivity contribution < 1.29 is 13.6 Å². The van der Waals surface area contributed by atoms with Crippen LogP contribution in [0.2, 0.25) is 5.02 Å². The fourth-order valence-electron chi connectivity index (χ4n) is 2.51. The number of amides is 1. The molecule has 0 aliphatic carbocycles. The zero-order valence-electron chi connectivity index (χ0n) is 14.5. The van der Waals surface area contributed by atoms with Crippen molar-refractivity contribution in [1.82, 2.24) is 9.97 Å². The molecule has 1 aromatic heterocycles. The number of halogens is 3. The van der Waals surface area contributed by atoms with Gasteiger partial charge in [0.1, 0.15) is 28.8 Å². The highest BCUT2D eigenvalue weighted by molar-refractivity contribution is 6.34. The molecule has 2 N–H and O–H groups in total. The van der Waals surface area contributed by atoms with Gasteiger partial charge in [-0.25, -0.2) is 18.7 Å². The Hall–Kier alpha value is -3.06. The highest BCUT2D eigenvalue weighted by Crippen LogP contribution is 2.27. The van der Waals surface area contributed by atoms with Gasteiger partial charge in [0.25, 0.3) is 5.91 Å². The van der Waals surface area contributed by atoms with E-state index in [1.165, 1.54) is 18.5 Å². The van der Waals surface area contributed by atoms with Crippen molar-refractivity contribution in [3.63, 3.8) is 0 Å². The Balaban J connectivity index is 1.76. The summed E-state index contributed by atoms with van der Waals surface area (Å²) in [7, 11) is 0. The van der Waals surface area contributed by atoms with Crippen molar-refractivity contribution >= 4 is 34.7 Å². The number of aryl methyl sites for hydroxylation is 2. The smallest absolute Gasteiger partial charge is 0.275 e. The number of hydrogen-bond acceptors (Lipinski definition) is 4. The van der Waals surface area contributed by atoms with E-state index < -0.39 is 17.5 Å². The molecule has 8 heteroatoms. The highest BCUT2D eigenvalue weighted by atomic mass is 35.5. The molecule has 138 valence electrons. The Bertz CT molecular complexity index is 966. The van der Waals surface area contributed by atoms with Crippen LogP contribution in [0.5, 0.6) is 0 Å². The molecule has 0 saturated carbocycles. The maximum Gasteiger partial charge on any atom is 0.275 e. The Morgan fingerprint density at radius 1 is 1.04 bits per heavy atom. The Morgan fingerprint density at radius 2 is 1.74 bits per heavy atom. The summed E-state index contributed by atoms with van der Waals surface area (Å²) in [5, 5.41) is 5.62. The summed E-state index contributed by atoms with van der Waals surface area (Å²) in [5.41, 5.74) is 1.97.